The summed E-state index contributed by atoms with van der Waals surface area (Å²) in [6, 6.07) is 0.692. The lowest BCUT2D eigenvalue weighted by Crippen LogP contribution is -2.36. The molecule has 1 heterocycles. The summed E-state index contributed by atoms with van der Waals surface area (Å²) in [4.78, 5) is 2.41. The summed E-state index contributed by atoms with van der Waals surface area (Å²) in [6.07, 6.45) is 2.55. The zero-order valence-electron chi connectivity index (χ0n) is 8.25. The van der Waals surface area contributed by atoms with Crippen LogP contribution in [0.1, 0.15) is 19.8 Å². The highest BCUT2D eigenvalue weighted by Crippen LogP contribution is 2.16. The first kappa shape index (κ1) is 9.96. The van der Waals surface area contributed by atoms with Gasteiger partial charge in [0.05, 0.1) is 0 Å². The molecule has 1 aliphatic heterocycles. The Kier molecular flexibility index (Phi) is 3.98. The van der Waals surface area contributed by atoms with Crippen LogP contribution in [0.25, 0.3) is 0 Å². The van der Waals surface area contributed by atoms with Crippen LogP contribution >= 0.6 is 0 Å². The molecule has 0 radical (unpaired) electrons. The Morgan fingerprint density at radius 3 is 2.50 bits per heavy atom. The van der Waals surface area contributed by atoms with Crippen molar-refractivity contribution in [1.29, 1.82) is 0 Å². The molecular formula is C9H19NO2. The van der Waals surface area contributed by atoms with E-state index in [1.165, 1.54) is 19.4 Å². The minimum absolute atomic E-state index is 0.0643. The molecule has 3 nitrogen and oxygen atoms in total. The fraction of sp³-hybridized carbons (Fsp3) is 1.00. The first-order chi connectivity index (χ1) is 5.77. The first-order valence-electron chi connectivity index (χ1n) is 4.57. The number of rotatable bonds is 4. The third-order valence-electron chi connectivity index (χ3n) is 2.60. The summed E-state index contributed by atoms with van der Waals surface area (Å²) in [6.45, 7) is 4.34. The van der Waals surface area contributed by atoms with E-state index in [-0.39, 0.29) is 6.29 Å². The topological polar surface area (TPSA) is 21.7 Å². The summed E-state index contributed by atoms with van der Waals surface area (Å²) in [5, 5.41) is 0. The molecule has 0 N–H and O–H groups in total. The maximum atomic E-state index is 5.15. The van der Waals surface area contributed by atoms with Crippen LogP contribution in [0.5, 0.6) is 0 Å². The zero-order chi connectivity index (χ0) is 8.97. The second-order valence-electron chi connectivity index (χ2n) is 3.39. The second kappa shape index (κ2) is 4.80. The average Bonchev–Trinajstić information content (AvgIpc) is 2.47. The van der Waals surface area contributed by atoms with E-state index in [0.29, 0.717) is 6.04 Å². The quantitative estimate of drug-likeness (QED) is 0.594. The summed E-state index contributed by atoms with van der Waals surface area (Å²) in [5.74, 6) is 0. The Morgan fingerprint density at radius 2 is 2.08 bits per heavy atom. The molecule has 0 amide bonds. The fourth-order valence-corrected chi connectivity index (χ4v) is 1.70. The predicted octanol–water partition coefficient (Wildman–Crippen LogP) is 1.09. The normalized spacial score (nSPS) is 25.5. The first-order valence-corrected chi connectivity index (χ1v) is 4.57. The van der Waals surface area contributed by atoms with Gasteiger partial charge >= 0.3 is 0 Å². The number of hydrogen-bond donors (Lipinski definition) is 0. The van der Waals surface area contributed by atoms with Crippen molar-refractivity contribution in [3.63, 3.8) is 0 Å². The van der Waals surface area contributed by atoms with Gasteiger partial charge in [-0.2, -0.15) is 0 Å². The van der Waals surface area contributed by atoms with E-state index in [9.17, 15) is 0 Å². The Hall–Kier alpha value is -0.120. The highest BCUT2D eigenvalue weighted by atomic mass is 16.7. The molecule has 1 atom stereocenters. The van der Waals surface area contributed by atoms with Crippen molar-refractivity contribution in [2.24, 2.45) is 0 Å². The van der Waals surface area contributed by atoms with Crippen LogP contribution < -0.4 is 0 Å². The van der Waals surface area contributed by atoms with Crippen LogP contribution in [0, 0.1) is 0 Å². The average molecular weight is 173 g/mol. The molecule has 0 aromatic rings. The van der Waals surface area contributed by atoms with Crippen LogP contribution in [0.15, 0.2) is 0 Å². The van der Waals surface area contributed by atoms with Crippen molar-refractivity contribution < 1.29 is 9.47 Å². The molecule has 0 saturated carbocycles. The van der Waals surface area contributed by atoms with Gasteiger partial charge in [0.25, 0.3) is 0 Å². The summed E-state index contributed by atoms with van der Waals surface area (Å²) in [5.41, 5.74) is 0. The van der Waals surface area contributed by atoms with Gasteiger partial charge < -0.3 is 9.47 Å². The molecular weight excluding hydrogens is 154 g/mol. The lowest BCUT2D eigenvalue weighted by Gasteiger charge is -2.24. The molecule has 0 aromatic carbocycles. The van der Waals surface area contributed by atoms with Gasteiger partial charge in [0, 0.05) is 26.8 Å². The van der Waals surface area contributed by atoms with Gasteiger partial charge in [-0.15, -0.1) is 0 Å². The second-order valence-corrected chi connectivity index (χ2v) is 3.39. The highest BCUT2D eigenvalue weighted by molar-refractivity contribution is 4.75. The molecule has 1 rings (SSSR count). The maximum Gasteiger partial charge on any atom is 0.169 e. The minimum Gasteiger partial charge on any atom is -0.355 e. The molecule has 0 bridgehead atoms. The third-order valence-corrected chi connectivity index (χ3v) is 2.60. The van der Waals surface area contributed by atoms with Crippen molar-refractivity contribution in [2.45, 2.75) is 32.1 Å². The van der Waals surface area contributed by atoms with Gasteiger partial charge in [-0.05, 0) is 26.3 Å². The Morgan fingerprint density at radius 1 is 1.42 bits per heavy atom. The fourth-order valence-electron chi connectivity index (χ4n) is 1.70. The van der Waals surface area contributed by atoms with E-state index in [1.54, 1.807) is 14.2 Å². The van der Waals surface area contributed by atoms with Gasteiger partial charge in [-0.1, -0.05) is 0 Å². The third kappa shape index (κ3) is 2.44. The van der Waals surface area contributed by atoms with Gasteiger partial charge in [0.15, 0.2) is 6.29 Å². The van der Waals surface area contributed by atoms with Crippen LogP contribution in [0.2, 0.25) is 0 Å². The summed E-state index contributed by atoms with van der Waals surface area (Å²) in [7, 11) is 3.38. The number of hydrogen-bond acceptors (Lipinski definition) is 3. The molecule has 1 fully saturated rings. The van der Waals surface area contributed by atoms with E-state index < -0.39 is 0 Å². The van der Waals surface area contributed by atoms with Gasteiger partial charge in [0.2, 0.25) is 0 Å². The molecule has 1 unspecified atom stereocenters. The van der Waals surface area contributed by atoms with Crippen molar-refractivity contribution in [1.82, 2.24) is 4.90 Å². The molecule has 1 saturated heterocycles. The Balaban J connectivity index is 2.28. The van der Waals surface area contributed by atoms with Crippen molar-refractivity contribution in [2.75, 3.05) is 27.3 Å². The molecule has 0 aromatic heterocycles. The van der Waals surface area contributed by atoms with E-state index in [1.807, 2.05) is 0 Å². The summed E-state index contributed by atoms with van der Waals surface area (Å²) >= 11 is 0. The Labute approximate surface area is 74.6 Å². The van der Waals surface area contributed by atoms with E-state index in [4.69, 9.17) is 9.47 Å². The van der Waals surface area contributed by atoms with Crippen molar-refractivity contribution in [3.05, 3.63) is 0 Å². The maximum absolute atomic E-state index is 5.15. The minimum atomic E-state index is -0.0643. The number of ether oxygens (including phenoxy) is 2. The highest BCUT2D eigenvalue weighted by Gasteiger charge is 2.22. The molecule has 72 valence electrons. The predicted molar refractivity (Wildman–Crippen MR) is 48.1 cm³/mol. The standard InChI is InChI=1S/C9H19NO2/c1-8-5-4-6-10(8)7-9(11-2)12-3/h8-9H,4-7H2,1-3H3. The van der Waals surface area contributed by atoms with Crippen LogP contribution in [0.3, 0.4) is 0 Å². The van der Waals surface area contributed by atoms with E-state index in [0.717, 1.165) is 6.54 Å². The lowest BCUT2D eigenvalue weighted by molar-refractivity contribution is -0.117. The zero-order valence-corrected chi connectivity index (χ0v) is 8.25. The number of nitrogens with zero attached hydrogens (tertiary/aromatic N) is 1. The molecule has 0 aliphatic carbocycles. The largest absolute Gasteiger partial charge is 0.355 e. The number of methoxy groups -OCH3 is 2. The van der Waals surface area contributed by atoms with Crippen LogP contribution in [-0.2, 0) is 9.47 Å². The molecule has 1 aliphatic rings. The van der Waals surface area contributed by atoms with Crippen molar-refractivity contribution >= 4 is 0 Å². The smallest absolute Gasteiger partial charge is 0.169 e. The molecule has 0 spiro atoms. The molecule has 3 heteroatoms. The number of likely N-dealkylation sites (tertiary alicyclic amines) is 1. The monoisotopic (exact) mass is 173 g/mol. The summed E-state index contributed by atoms with van der Waals surface area (Å²) < 4.78 is 10.3. The van der Waals surface area contributed by atoms with Gasteiger partial charge in [0.1, 0.15) is 0 Å². The Bertz CT molecular complexity index is 126. The SMILES string of the molecule is COC(CN1CCCC1C)OC. The van der Waals surface area contributed by atoms with Gasteiger partial charge in [-0.25, -0.2) is 0 Å². The van der Waals surface area contributed by atoms with E-state index >= 15 is 0 Å². The van der Waals surface area contributed by atoms with E-state index in [2.05, 4.69) is 11.8 Å². The van der Waals surface area contributed by atoms with Gasteiger partial charge in [-0.3, -0.25) is 4.90 Å². The van der Waals surface area contributed by atoms with Crippen LogP contribution in [0.4, 0.5) is 0 Å². The van der Waals surface area contributed by atoms with Crippen molar-refractivity contribution in [3.8, 4) is 0 Å². The molecule has 12 heavy (non-hydrogen) atoms. The van der Waals surface area contributed by atoms with Crippen LogP contribution in [-0.4, -0.2) is 44.5 Å². The lowest BCUT2D eigenvalue weighted by atomic mass is 10.2.